The van der Waals surface area contributed by atoms with Crippen molar-refractivity contribution in [2.75, 3.05) is 46.1 Å². The minimum absolute atomic E-state index is 0.159. The Morgan fingerprint density at radius 2 is 0.974 bits per heavy atom. The molecule has 0 aromatic heterocycles. The average molecular weight is 528 g/mol. The quantitative estimate of drug-likeness (QED) is 0.116. The summed E-state index contributed by atoms with van der Waals surface area (Å²) in [5.41, 5.74) is 1.60. The van der Waals surface area contributed by atoms with Crippen LogP contribution in [0.5, 0.6) is 11.5 Å². The molecule has 0 heterocycles. The lowest BCUT2D eigenvalue weighted by Crippen LogP contribution is -2.30. The van der Waals surface area contributed by atoms with Gasteiger partial charge in [-0.2, -0.15) is 10.2 Å². The van der Waals surface area contributed by atoms with Crippen LogP contribution >= 0.6 is 0 Å². The van der Waals surface area contributed by atoms with Gasteiger partial charge in [0.15, 0.2) is 0 Å². The van der Waals surface area contributed by atoms with Crippen LogP contribution in [0.15, 0.2) is 58.8 Å². The third-order valence-electron chi connectivity index (χ3n) is 6.44. The lowest BCUT2D eigenvalue weighted by atomic mass is 10.1. The summed E-state index contributed by atoms with van der Waals surface area (Å²) in [6.45, 7) is 6.27. The molecule has 7 heteroatoms. The Morgan fingerprint density at radius 3 is 1.42 bits per heavy atom. The number of azo groups is 1. The molecule has 7 nitrogen and oxygen atoms in total. The fourth-order valence-corrected chi connectivity index (χ4v) is 4.18. The fraction of sp³-hybridized carbons (Fsp3) is 0.613. The van der Waals surface area contributed by atoms with Gasteiger partial charge in [0.05, 0.1) is 37.8 Å². The maximum absolute atomic E-state index is 9.05. The molecule has 0 fully saturated rings. The van der Waals surface area contributed by atoms with Crippen molar-refractivity contribution in [2.45, 2.75) is 77.6 Å². The first-order valence-corrected chi connectivity index (χ1v) is 14.6. The lowest BCUT2D eigenvalue weighted by Gasteiger charge is -2.19. The lowest BCUT2D eigenvalue weighted by molar-refractivity contribution is 0.159. The van der Waals surface area contributed by atoms with E-state index in [4.69, 9.17) is 19.7 Å². The Kier molecular flexibility index (Phi) is 17.9. The second kappa shape index (κ2) is 21.5. The van der Waals surface area contributed by atoms with Crippen molar-refractivity contribution in [3.8, 4) is 11.5 Å². The van der Waals surface area contributed by atoms with Crippen LogP contribution in [0, 0.1) is 0 Å². The molecule has 0 amide bonds. The van der Waals surface area contributed by atoms with Crippen LogP contribution in [0.25, 0.3) is 0 Å². The van der Waals surface area contributed by atoms with Gasteiger partial charge in [-0.1, -0.05) is 58.3 Å². The largest absolute Gasteiger partial charge is 0.494 e. The third-order valence-corrected chi connectivity index (χ3v) is 6.44. The van der Waals surface area contributed by atoms with Crippen molar-refractivity contribution in [2.24, 2.45) is 10.2 Å². The minimum atomic E-state index is 0.159. The summed E-state index contributed by atoms with van der Waals surface area (Å²) in [6, 6.07) is 15.5. The van der Waals surface area contributed by atoms with Crippen LogP contribution in [0.1, 0.15) is 77.6 Å². The Balaban J connectivity index is 1.51. The zero-order valence-electron chi connectivity index (χ0n) is 23.4. The monoisotopic (exact) mass is 527 g/mol. The summed E-state index contributed by atoms with van der Waals surface area (Å²) in [4.78, 5) is 2.13. The number of aliphatic hydroxyl groups excluding tert-OH is 2. The van der Waals surface area contributed by atoms with Crippen molar-refractivity contribution in [1.82, 2.24) is 4.90 Å². The molecule has 0 saturated carbocycles. The van der Waals surface area contributed by atoms with E-state index in [1.807, 2.05) is 48.5 Å². The number of rotatable bonds is 23. The molecule has 38 heavy (non-hydrogen) atoms. The van der Waals surface area contributed by atoms with Gasteiger partial charge >= 0.3 is 0 Å². The SMILES string of the molecule is CCCCCOc1ccc(N=Nc2ccc(OCCCCCCCCCCN(CCO)CCO)cc2)cc1. The third kappa shape index (κ3) is 15.1. The molecule has 0 bridgehead atoms. The topological polar surface area (TPSA) is 86.9 Å². The number of benzene rings is 2. The molecule has 0 radical (unpaired) electrons. The first kappa shape index (κ1) is 31.7. The van der Waals surface area contributed by atoms with Gasteiger partial charge in [-0.25, -0.2) is 0 Å². The van der Waals surface area contributed by atoms with E-state index in [0.717, 1.165) is 61.9 Å². The second-order valence-electron chi connectivity index (χ2n) is 9.71. The molecule has 0 aliphatic rings. The summed E-state index contributed by atoms with van der Waals surface area (Å²) >= 11 is 0. The summed E-state index contributed by atoms with van der Waals surface area (Å²) in [5.74, 6) is 1.74. The van der Waals surface area contributed by atoms with E-state index < -0.39 is 0 Å². The van der Waals surface area contributed by atoms with E-state index in [1.165, 1.54) is 51.4 Å². The highest BCUT2D eigenvalue weighted by molar-refractivity contribution is 5.44. The summed E-state index contributed by atoms with van der Waals surface area (Å²) in [5, 5.41) is 26.7. The van der Waals surface area contributed by atoms with E-state index >= 15 is 0 Å². The van der Waals surface area contributed by atoms with Crippen molar-refractivity contribution in [1.29, 1.82) is 0 Å². The predicted octanol–water partition coefficient (Wildman–Crippen LogP) is 7.46. The Morgan fingerprint density at radius 1 is 0.553 bits per heavy atom. The minimum Gasteiger partial charge on any atom is -0.494 e. The van der Waals surface area contributed by atoms with Gasteiger partial charge in [-0.05, 0) is 74.3 Å². The maximum atomic E-state index is 9.05. The molecule has 2 aromatic carbocycles. The Bertz CT molecular complexity index is 837. The van der Waals surface area contributed by atoms with Crippen LogP contribution < -0.4 is 9.47 Å². The van der Waals surface area contributed by atoms with Crippen LogP contribution in [-0.2, 0) is 0 Å². The Hall–Kier alpha value is -2.48. The molecule has 2 rings (SSSR count). The highest BCUT2D eigenvalue weighted by Crippen LogP contribution is 2.23. The van der Waals surface area contributed by atoms with Gasteiger partial charge in [0, 0.05) is 13.1 Å². The molecular formula is C31H49N3O4. The number of hydrogen-bond acceptors (Lipinski definition) is 7. The van der Waals surface area contributed by atoms with E-state index in [1.54, 1.807) is 0 Å². The van der Waals surface area contributed by atoms with E-state index in [2.05, 4.69) is 22.1 Å². The summed E-state index contributed by atoms with van der Waals surface area (Å²) < 4.78 is 11.6. The molecule has 212 valence electrons. The van der Waals surface area contributed by atoms with Gasteiger partial charge in [0.2, 0.25) is 0 Å². The van der Waals surface area contributed by atoms with Gasteiger partial charge < -0.3 is 19.7 Å². The van der Waals surface area contributed by atoms with Crippen molar-refractivity contribution < 1.29 is 19.7 Å². The normalized spacial score (nSPS) is 11.5. The van der Waals surface area contributed by atoms with Gasteiger partial charge in [-0.3, -0.25) is 4.90 Å². The zero-order valence-corrected chi connectivity index (χ0v) is 23.4. The van der Waals surface area contributed by atoms with Gasteiger partial charge in [0.25, 0.3) is 0 Å². The second-order valence-corrected chi connectivity index (χ2v) is 9.71. The molecule has 0 spiro atoms. The van der Waals surface area contributed by atoms with Crippen LogP contribution in [0.2, 0.25) is 0 Å². The van der Waals surface area contributed by atoms with Crippen molar-refractivity contribution in [3.05, 3.63) is 48.5 Å². The summed E-state index contributed by atoms with van der Waals surface area (Å²) in [6.07, 6.45) is 13.1. The molecule has 2 N–H and O–H groups in total. The zero-order chi connectivity index (χ0) is 27.1. The fourth-order valence-electron chi connectivity index (χ4n) is 4.18. The highest BCUT2D eigenvalue weighted by Gasteiger charge is 2.03. The van der Waals surface area contributed by atoms with Crippen molar-refractivity contribution >= 4 is 11.4 Å². The molecule has 0 atom stereocenters. The molecular weight excluding hydrogens is 478 g/mol. The first-order valence-electron chi connectivity index (χ1n) is 14.6. The van der Waals surface area contributed by atoms with E-state index in [0.29, 0.717) is 13.1 Å². The van der Waals surface area contributed by atoms with Gasteiger partial charge in [-0.15, -0.1) is 0 Å². The van der Waals surface area contributed by atoms with E-state index in [-0.39, 0.29) is 13.2 Å². The van der Waals surface area contributed by atoms with E-state index in [9.17, 15) is 0 Å². The van der Waals surface area contributed by atoms with Gasteiger partial charge in [0.1, 0.15) is 11.5 Å². The van der Waals surface area contributed by atoms with Crippen LogP contribution in [0.4, 0.5) is 11.4 Å². The first-order chi connectivity index (χ1) is 18.7. The highest BCUT2D eigenvalue weighted by atomic mass is 16.5. The summed E-state index contributed by atoms with van der Waals surface area (Å²) in [7, 11) is 0. The predicted molar refractivity (Wildman–Crippen MR) is 155 cm³/mol. The van der Waals surface area contributed by atoms with Crippen molar-refractivity contribution in [3.63, 3.8) is 0 Å². The number of ether oxygens (including phenoxy) is 2. The molecule has 0 saturated heterocycles. The molecule has 0 aliphatic heterocycles. The standard InChI is InChI=1S/C31H49N3O4/c1-2-3-11-26-37-30-17-13-28(14-18-30)32-33-29-15-19-31(20-16-29)38-27-12-9-7-5-4-6-8-10-21-34(22-24-35)23-25-36/h13-20,35-36H,2-12,21-27H2,1H3. The number of hydrogen-bond donors (Lipinski definition) is 2. The average Bonchev–Trinajstić information content (AvgIpc) is 2.94. The maximum Gasteiger partial charge on any atom is 0.119 e. The Labute approximate surface area is 229 Å². The molecule has 2 aromatic rings. The molecule has 0 aliphatic carbocycles. The number of aliphatic hydroxyl groups is 2. The van der Waals surface area contributed by atoms with Crippen LogP contribution in [-0.4, -0.2) is 61.2 Å². The number of nitrogens with zero attached hydrogens (tertiary/aromatic N) is 3. The molecule has 0 unspecified atom stereocenters. The number of unbranched alkanes of at least 4 members (excludes halogenated alkanes) is 9. The van der Waals surface area contributed by atoms with Crippen LogP contribution in [0.3, 0.4) is 0 Å². The smallest absolute Gasteiger partial charge is 0.119 e.